The second-order valence-electron chi connectivity index (χ2n) is 7.11. The first kappa shape index (κ1) is 19.1. The van der Waals surface area contributed by atoms with Gasteiger partial charge in [-0.05, 0) is 50.5 Å². The molecule has 2 aromatic carbocycles. The highest BCUT2D eigenvalue weighted by Gasteiger charge is 2.30. The van der Waals surface area contributed by atoms with E-state index in [1.165, 1.54) is 11.1 Å². The van der Waals surface area contributed by atoms with Gasteiger partial charge in [0.15, 0.2) is 0 Å². The highest BCUT2D eigenvalue weighted by atomic mass is 16.2. The number of rotatable bonds is 8. The summed E-state index contributed by atoms with van der Waals surface area (Å²) in [6, 6.07) is 16.0. The van der Waals surface area contributed by atoms with E-state index in [-0.39, 0.29) is 11.8 Å². The largest absolute Gasteiger partial charge is 0.352 e. The molecule has 0 spiro atoms. The number of nitrogens with zero attached hydrogens (tertiary/aromatic N) is 1. The molecule has 2 amide bonds. The van der Waals surface area contributed by atoms with Crippen molar-refractivity contribution in [3.63, 3.8) is 0 Å². The molecule has 0 bridgehead atoms. The number of carbonyl (C=O) groups is 2. The van der Waals surface area contributed by atoms with Crippen molar-refractivity contribution >= 4 is 17.5 Å². The second-order valence-corrected chi connectivity index (χ2v) is 7.11. The number of benzene rings is 2. The molecule has 142 valence electrons. The Hall–Kier alpha value is -2.66. The molecule has 0 heterocycles. The minimum Gasteiger partial charge on any atom is -0.352 e. The van der Waals surface area contributed by atoms with Crippen LogP contribution >= 0.6 is 0 Å². The van der Waals surface area contributed by atoms with E-state index in [1.54, 1.807) is 18.2 Å². The molecule has 5 heteroatoms. The van der Waals surface area contributed by atoms with E-state index in [9.17, 15) is 9.59 Å². The molecule has 27 heavy (non-hydrogen) atoms. The van der Waals surface area contributed by atoms with Crippen molar-refractivity contribution in [3.8, 4) is 0 Å². The predicted octanol–water partition coefficient (Wildman–Crippen LogP) is 3.35. The first-order valence-electron chi connectivity index (χ1n) is 9.53. The summed E-state index contributed by atoms with van der Waals surface area (Å²) in [5, 5.41) is 5.70. The maximum Gasteiger partial charge on any atom is 0.251 e. The van der Waals surface area contributed by atoms with Crippen molar-refractivity contribution < 1.29 is 9.59 Å². The Bertz CT molecular complexity index is 797. The van der Waals surface area contributed by atoms with Crippen LogP contribution in [-0.2, 0) is 11.3 Å². The van der Waals surface area contributed by atoms with Crippen molar-refractivity contribution in [3.05, 3.63) is 65.2 Å². The molecule has 1 saturated carbocycles. The van der Waals surface area contributed by atoms with E-state index in [0.29, 0.717) is 30.4 Å². The maximum absolute atomic E-state index is 12.6. The molecule has 1 aliphatic rings. The Kier molecular flexibility index (Phi) is 6.24. The number of hydrogen-bond donors (Lipinski definition) is 2. The quantitative estimate of drug-likeness (QED) is 0.754. The first-order chi connectivity index (χ1) is 13.0. The first-order valence-corrected chi connectivity index (χ1v) is 9.53. The standard InChI is InChI=1S/C22H27N3O2/c1-3-23-22(27)18-5-4-6-19(13-18)24-21(26)15-25(20-11-12-20)14-17-9-7-16(2)8-10-17/h4-10,13,20H,3,11-12,14-15H2,1-2H3,(H,23,27)(H,24,26). The number of aryl methyl sites for hydroxylation is 1. The fraction of sp³-hybridized carbons (Fsp3) is 0.364. The van der Waals surface area contributed by atoms with Crippen LogP contribution in [0.2, 0.25) is 0 Å². The number of anilines is 1. The Morgan fingerprint density at radius 1 is 1.11 bits per heavy atom. The van der Waals surface area contributed by atoms with Crippen molar-refractivity contribution in [1.82, 2.24) is 10.2 Å². The Morgan fingerprint density at radius 3 is 2.52 bits per heavy atom. The zero-order valence-electron chi connectivity index (χ0n) is 16.0. The lowest BCUT2D eigenvalue weighted by Crippen LogP contribution is -2.34. The van der Waals surface area contributed by atoms with Crippen LogP contribution in [0.15, 0.2) is 48.5 Å². The average molecular weight is 365 g/mol. The highest BCUT2D eigenvalue weighted by molar-refractivity contribution is 5.97. The van der Waals surface area contributed by atoms with Gasteiger partial charge in [0.2, 0.25) is 5.91 Å². The zero-order valence-corrected chi connectivity index (χ0v) is 16.0. The Morgan fingerprint density at radius 2 is 1.85 bits per heavy atom. The summed E-state index contributed by atoms with van der Waals surface area (Å²) in [6.07, 6.45) is 2.29. The van der Waals surface area contributed by atoms with Gasteiger partial charge in [-0.3, -0.25) is 14.5 Å². The van der Waals surface area contributed by atoms with E-state index in [1.807, 2.05) is 13.0 Å². The van der Waals surface area contributed by atoms with Crippen molar-refractivity contribution in [2.24, 2.45) is 0 Å². The van der Waals surface area contributed by atoms with Gasteiger partial charge in [0, 0.05) is 30.4 Å². The van der Waals surface area contributed by atoms with Crippen LogP contribution in [0, 0.1) is 6.92 Å². The number of nitrogens with one attached hydrogen (secondary N) is 2. The minimum absolute atomic E-state index is 0.0536. The summed E-state index contributed by atoms with van der Waals surface area (Å²) in [5.74, 6) is -0.186. The Labute approximate surface area is 160 Å². The molecule has 0 radical (unpaired) electrons. The van der Waals surface area contributed by atoms with Crippen LogP contribution in [-0.4, -0.2) is 35.8 Å². The summed E-state index contributed by atoms with van der Waals surface area (Å²) >= 11 is 0. The highest BCUT2D eigenvalue weighted by Crippen LogP contribution is 2.28. The predicted molar refractivity (Wildman–Crippen MR) is 108 cm³/mol. The molecule has 3 rings (SSSR count). The summed E-state index contributed by atoms with van der Waals surface area (Å²) in [6.45, 7) is 5.65. The molecule has 0 aliphatic heterocycles. The third-order valence-electron chi connectivity index (χ3n) is 4.66. The number of carbonyl (C=O) groups excluding carboxylic acids is 2. The van der Waals surface area contributed by atoms with Crippen LogP contribution in [0.3, 0.4) is 0 Å². The topological polar surface area (TPSA) is 61.4 Å². The molecular formula is C22H27N3O2. The van der Waals surface area contributed by atoms with Gasteiger partial charge in [-0.25, -0.2) is 0 Å². The Balaban J connectivity index is 1.60. The molecule has 5 nitrogen and oxygen atoms in total. The molecule has 2 N–H and O–H groups in total. The van der Waals surface area contributed by atoms with Crippen LogP contribution in [0.5, 0.6) is 0 Å². The monoisotopic (exact) mass is 365 g/mol. The van der Waals surface area contributed by atoms with Gasteiger partial charge >= 0.3 is 0 Å². The smallest absolute Gasteiger partial charge is 0.251 e. The van der Waals surface area contributed by atoms with Crippen LogP contribution < -0.4 is 10.6 Å². The van der Waals surface area contributed by atoms with Gasteiger partial charge in [0.1, 0.15) is 0 Å². The van der Waals surface area contributed by atoms with Crippen molar-refractivity contribution in [2.75, 3.05) is 18.4 Å². The third kappa shape index (κ3) is 5.66. The fourth-order valence-electron chi connectivity index (χ4n) is 3.07. The van der Waals surface area contributed by atoms with E-state index in [0.717, 1.165) is 19.4 Å². The summed E-state index contributed by atoms with van der Waals surface area (Å²) < 4.78 is 0. The summed E-state index contributed by atoms with van der Waals surface area (Å²) in [7, 11) is 0. The lowest BCUT2D eigenvalue weighted by molar-refractivity contribution is -0.117. The summed E-state index contributed by atoms with van der Waals surface area (Å²) in [4.78, 5) is 26.7. The molecule has 0 saturated heterocycles. The van der Waals surface area contributed by atoms with E-state index in [2.05, 4.69) is 46.7 Å². The molecule has 2 aromatic rings. The van der Waals surface area contributed by atoms with Crippen LogP contribution in [0.25, 0.3) is 0 Å². The molecule has 1 fully saturated rings. The van der Waals surface area contributed by atoms with Gasteiger partial charge in [0.05, 0.1) is 6.54 Å². The molecular weight excluding hydrogens is 338 g/mol. The minimum atomic E-state index is -0.132. The van der Waals surface area contributed by atoms with E-state index in [4.69, 9.17) is 0 Å². The maximum atomic E-state index is 12.6. The number of amides is 2. The van der Waals surface area contributed by atoms with E-state index >= 15 is 0 Å². The van der Waals surface area contributed by atoms with Gasteiger partial charge < -0.3 is 10.6 Å². The van der Waals surface area contributed by atoms with Gasteiger partial charge in [-0.15, -0.1) is 0 Å². The van der Waals surface area contributed by atoms with Gasteiger partial charge in [-0.1, -0.05) is 35.9 Å². The SMILES string of the molecule is CCNC(=O)c1cccc(NC(=O)CN(Cc2ccc(C)cc2)C2CC2)c1. The zero-order chi connectivity index (χ0) is 19.2. The van der Waals surface area contributed by atoms with Crippen LogP contribution in [0.4, 0.5) is 5.69 Å². The van der Waals surface area contributed by atoms with E-state index < -0.39 is 0 Å². The molecule has 0 unspecified atom stereocenters. The molecule has 0 atom stereocenters. The third-order valence-corrected chi connectivity index (χ3v) is 4.66. The average Bonchev–Trinajstić information content (AvgIpc) is 3.48. The lowest BCUT2D eigenvalue weighted by atomic mass is 10.1. The number of hydrogen-bond acceptors (Lipinski definition) is 3. The van der Waals surface area contributed by atoms with Gasteiger partial charge in [0.25, 0.3) is 5.91 Å². The summed E-state index contributed by atoms with van der Waals surface area (Å²) in [5.41, 5.74) is 3.66. The molecule has 0 aromatic heterocycles. The normalized spacial score (nSPS) is 13.4. The fourth-order valence-corrected chi connectivity index (χ4v) is 3.07. The lowest BCUT2D eigenvalue weighted by Gasteiger charge is -2.21. The van der Waals surface area contributed by atoms with Crippen molar-refractivity contribution in [2.45, 2.75) is 39.3 Å². The molecule has 1 aliphatic carbocycles. The van der Waals surface area contributed by atoms with Gasteiger partial charge in [-0.2, -0.15) is 0 Å². The van der Waals surface area contributed by atoms with Crippen molar-refractivity contribution in [1.29, 1.82) is 0 Å². The second kappa shape index (κ2) is 8.82. The van der Waals surface area contributed by atoms with Crippen LogP contribution in [0.1, 0.15) is 41.3 Å².